The Morgan fingerprint density at radius 1 is 1.14 bits per heavy atom. The van der Waals surface area contributed by atoms with E-state index in [4.69, 9.17) is 4.74 Å². The molecule has 1 heterocycles. The van der Waals surface area contributed by atoms with Crippen LogP contribution in [0.4, 0.5) is 0 Å². The Bertz CT molecular complexity index is 681. The lowest BCUT2D eigenvalue weighted by Crippen LogP contribution is -2.45. The number of Topliss-reactive ketones (excluding diaryl/α,β-unsaturated/α-hetero) is 1. The molecule has 0 aromatic heterocycles. The molecule has 21 heavy (non-hydrogen) atoms. The number of para-hydroxylation sites is 1. The highest BCUT2D eigenvalue weighted by Gasteiger charge is 2.47. The van der Waals surface area contributed by atoms with Gasteiger partial charge in [0, 0.05) is 0 Å². The molecule has 4 heteroatoms. The molecule has 0 aliphatic carbocycles. The fourth-order valence-electron chi connectivity index (χ4n) is 2.44. The van der Waals surface area contributed by atoms with Gasteiger partial charge in [-0.25, -0.2) is 0 Å². The van der Waals surface area contributed by atoms with Crippen molar-refractivity contribution in [3.8, 4) is 5.75 Å². The van der Waals surface area contributed by atoms with Gasteiger partial charge in [-0.1, -0.05) is 73.8 Å². The van der Waals surface area contributed by atoms with Crippen LogP contribution >= 0.6 is 31.9 Å². The van der Waals surface area contributed by atoms with Crippen molar-refractivity contribution < 1.29 is 9.53 Å². The lowest BCUT2D eigenvalue weighted by Gasteiger charge is -2.35. The zero-order valence-electron chi connectivity index (χ0n) is 11.5. The highest BCUT2D eigenvalue weighted by Crippen LogP contribution is 2.46. The predicted molar refractivity (Wildman–Crippen MR) is 90.8 cm³/mol. The van der Waals surface area contributed by atoms with Crippen LogP contribution in [0, 0.1) is 6.92 Å². The van der Waals surface area contributed by atoms with Crippen LogP contribution in [0.5, 0.6) is 5.75 Å². The first kappa shape index (κ1) is 14.8. The lowest BCUT2D eigenvalue weighted by molar-refractivity contribution is 0.0873. The van der Waals surface area contributed by atoms with Gasteiger partial charge in [0.05, 0.1) is 10.4 Å². The number of rotatable bonds is 2. The number of aryl methyl sites for hydroxylation is 1. The molecule has 2 aromatic rings. The summed E-state index contributed by atoms with van der Waals surface area (Å²) in [6.07, 6.45) is 0. The van der Waals surface area contributed by atoms with E-state index in [1.54, 1.807) is 0 Å². The number of ether oxygens (including phenoxy) is 1. The lowest BCUT2D eigenvalue weighted by atomic mass is 9.89. The predicted octanol–water partition coefficient (Wildman–Crippen LogP) is 4.84. The number of fused-ring (bicyclic) bond motifs is 1. The normalized spacial score (nSPS) is 22.3. The minimum Gasteiger partial charge on any atom is -0.491 e. The maximum atomic E-state index is 12.9. The fraction of sp³-hybridized carbons (Fsp3) is 0.235. The smallest absolute Gasteiger partial charge is 0.188 e. The summed E-state index contributed by atoms with van der Waals surface area (Å²) < 4.78 is 4.98. The molecule has 2 nitrogen and oxygen atoms in total. The van der Waals surface area contributed by atoms with Crippen LogP contribution in [-0.2, 0) is 0 Å². The van der Waals surface area contributed by atoms with Gasteiger partial charge in [-0.3, -0.25) is 4.79 Å². The first-order valence-electron chi connectivity index (χ1n) is 6.68. The number of halogens is 2. The number of hydrogen-bond donors (Lipinski definition) is 0. The molecule has 2 unspecified atom stereocenters. The third kappa shape index (κ3) is 2.55. The molecule has 0 spiro atoms. The monoisotopic (exact) mass is 408 g/mol. The van der Waals surface area contributed by atoms with Crippen LogP contribution in [0.25, 0.3) is 0 Å². The second-order valence-electron chi connectivity index (χ2n) is 5.25. The van der Waals surface area contributed by atoms with E-state index < -0.39 is 4.32 Å². The quantitative estimate of drug-likeness (QED) is 0.663. The highest BCUT2D eigenvalue weighted by atomic mass is 79.9. The number of carbonyl (C=O) groups is 1. The summed E-state index contributed by atoms with van der Waals surface area (Å²) in [4.78, 5) is 12.7. The minimum atomic E-state index is -0.795. The summed E-state index contributed by atoms with van der Waals surface area (Å²) in [5.41, 5.74) is 2.87. The molecule has 0 saturated carbocycles. The summed E-state index contributed by atoms with van der Waals surface area (Å²) in [6, 6.07) is 15.5. The zero-order valence-corrected chi connectivity index (χ0v) is 14.6. The van der Waals surface area contributed by atoms with E-state index in [0.717, 1.165) is 5.56 Å². The molecule has 3 rings (SSSR count). The number of carbonyl (C=O) groups excluding carboxylic acids is 1. The van der Waals surface area contributed by atoms with Gasteiger partial charge in [-0.2, -0.15) is 0 Å². The molecular weight excluding hydrogens is 396 g/mol. The van der Waals surface area contributed by atoms with Crippen LogP contribution in [-0.4, -0.2) is 16.7 Å². The van der Waals surface area contributed by atoms with Crippen LogP contribution in [0.2, 0.25) is 0 Å². The van der Waals surface area contributed by atoms with Crippen LogP contribution in [0.15, 0.2) is 48.5 Å². The summed E-state index contributed by atoms with van der Waals surface area (Å²) >= 11 is 7.30. The summed E-state index contributed by atoms with van der Waals surface area (Å²) in [6.45, 7) is 2.34. The summed E-state index contributed by atoms with van der Waals surface area (Å²) in [7, 11) is 0. The molecule has 0 amide bonds. The van der Waals surface area contributed by atoms with Crippen LogP contribution in [0.1, 0.15) is 26.3 Å². The van der Waals surface area contributed by atoms with E-state index >= 15 is 0 Å². The highest BCUT2D eigenvalue weighted by molar-refractivity contribution is 9.12. The zero-order chi connectivity index (χ0) is 15.0. The Morgan fingerprint density at radius 2 is 1.81 bits per heavy atom. The van der Waals surface area contributed by atoms with Gasteiger partial charge in [-0.15, -0.1) is 0 Å². The molecule has 0 saturated heterocycles. The van der Waals surface area contributed by atoms with Crippen molar-refractivity contribution in [3.63, 3.8) is 0 Å². The summed E-state index contributed by atoms with van der Waals surface area (Å²) in [5.74, 6) is 0.702. The van der Waals surface area contributed by atoms with Crippen LogP contribution in [0.3, 0.4) is 0 Å². The van der Waals surface area contributed by atoms with Gasteiger partial charge in [0.25, 0.3) is 0 Å². The Labute approximate surface area is 140 Å². The second-order valence-corrected chi connectivity index (χ2v) is 7.58. The van der Waals surface area contributed by atoms with E-state index in [1.165, 1.54) is 5.56 Å². The van der Waals surface area contributed by atoms with Crippen molar-refractivity contribution >= 4 is 37.6 Å². The Kier molecular flexibility index (Phi) is 3.93. The topological polar surface area (TPSA) is 26.3 Å². The third-order valence-electron chi connectivity index (χ3n) is 3.72. The largest absolute Gasteiger partial charge is 0.491 e. The molecule has 2 atom stereocenters. The third-order valence-corrected chi connectivity index (χ3v) is 6.69. The van der Waals surface area contributed by atoms with Gasteiger partial charge in [0.15, 0.2) is 5.78 Å². The molecule has 1 aliphatic rings. The van der Waals surface area contributed by atoms with E-state index in [1.807, 2.05) is 55.5 Å². The average Bonchev–Trinajstić information content (AvgIpc) is 2.51. The summed E-state index contributed by atoms with van der Waals surface area (Å²) in [5, 5.41) is 0. The number of ketones is 1. The molecular formula is C17H14Br2O2. The van der Waals surface area contributed by atoms with Crippen molar-refractivity contribution in [1.29, 1.82) is 0 Å². The standard InChI is InChI=1S/C17H14Br2O2/c1-11-6-8-12(9-7-11)15(18)17(19)10-21-14-5-3-2-4-13(14)16(17)20/h2-9,15H,10H2,1H3. The number of benzene rings is 2. The van der Waals surface area contributed by atoms with Gasteiger partial charge in [0.1, 0.15) is 16.7 Å². The van der Waals surface area contributed by atoms with Crippen molar-refractivity contribution in [2.45, 2.75) is 16.1 Å². The molecule has 0 N–H and O–H groups in total. The number of hydrogen-bond acceptors (Lipinski definition) is 2. The minimum absolute atomic E-state index is 0.0480. The molecule has 0 fully saturated rings. The van der Waals surface area contributed by atoms with Crippen molar-refractivity contribution in [2.24, 2.45) is 0 Å². The van der Waals surface area contributed by atoms with Crippen molar-refractivity contribution in [2.75, 3.05) is 6.61 Å². The average molecular weight is 410 g/mol. The fourth-order valence-corrected chi connectivity index (χ4v) is 3.68. The second kappa shape index (κ2) is 5.58. The maximum absolute atomic E-state index is 12.9. The van der Waals surface area contributed by atoms with Gasteiger partial charge < -0.3 is 4.74 Å². The van der Waals surface area contributed by atoms with Crippen molar-refractivity contribution in [1.82, 2.24) is 0 Å². The van der Waals surface area contributed by atoms with Crippen molar-refractivity contribution in [3.05, 3.63) is 65.2 Å². The Morgan fingerprint density at radius 3 is 2.52 bits per heavy atom. The molecule has 1 aliphatic heterocycles. The maximum Gasteiger partial charge on any atom is 0.188 e. The van der Waals surface area contributed by atoms with E-state index in [-0.39, 0.29) is 10.6 Å². The van der Waals surface area contributed by atoms with Gasteiger partial charge in [-0.05, 0) is 24.6 Å². The van der Waals surface area contributed by atoms with Gasteiger partial charge in [0.2, 0.25) is 0 Å². The van der Waals surface area contributed by atoms with Crippen LogP contribution < -0.4 is 4.74 Å². The van der Waals surface area contributed by atoms with E-state index in [2.05, 4.69) is 31.9 Å². The Hall–Kier alpha value is -1.13. The SMILES string of the molecule is Cc1ccc(C(Br)C2(Br)COc3ccccc3C2=O)cc1. The molecule has 0 radical (unpaired) electrons. The molecule has 2 aromatic carbocycles. The van der Waals surface area contributed by atoms with E-state index in [0.29, 0.717) is 17.9 Å². The molecule has 0 bridgehead atoms. The van der Waals surface area contributed by atoms with E-state index in [9.17, 15) is 4.79 Å². The molecule has 108 valence electrons. The first-order valence-corrected chi connectivity index (χ1v) is 8.39. The first-order chi connectivity index (χ1) is 10.0. The Balaban J connectivity index is 1.98. The van der Waals surface area contributed by atoms with Gasteiger partial charge >= 0.3 is 0 Å². The number of alkyl halides is 2.